The van der Waals surface area contributed by atoms with Gasteiger partial charge in [-0.05, 0) is 43.7 Å². The zero-order valence-corrected chi connectivity index (χ0v) is 18.0. The van der Waals surface area contributed by atoms with Gasteiger partial charge in [0, 0.05) is 51.5 Å². The molecule has 2 fully saturated rings. The molecule has 1 N–H and O–H groups in total. The maximum Gasteiger partial charge on any atom is 0.317 e. The van der Waals surface area contributed by atoms with Gasteiger partial charge in [0.25, 0.3) is 0 Å². The molecular formula is C23H32N4O3. The predicted molar refractivity (Wildman–Crippen MR) is 117 cm³/mol. The number of rotatable bonds is 5. The van der Waals surface area contributed by atoms with E-state index in [2.05, 4.69) is 46.3 Å². The molecule has 1 aromatic carbocycles. The molecule has 30 heavy (non-hydrogen) atoms. The van der Waals surface area contributed by atoms with Gasteiger partial charge in [-0.1, -0.05) is 12.1 Å². The van der Waals surface area contributed by atoms with Crippen molar-refractivity contribution in [1.29, 1.82) is 0 Å². The van der Waals surface area contributed by atoms with Crippen molar-refractivity contribution in [2.75, 3.05) is 63.9 Å². The molecule has 2 amide bonds. The smallest absolute Gasteiger partial charge is 0.317 e. The minimum absolute atomic E-state index is 0.000398. The average molecular weight is 413 g/mol. The first-order chi connectivity index (χ1) is 14.6. The lowest BCUT2D eigenvalue weighted by molar-refractivity contribution is 0.0119. The maximum atomic E-state index is 12.8. The molecule has 7 heteroatoms. The van der Waals surface area contributed by atoms with Crippen LogP contribution in [0.4, 0.5) is 10.5 Å². The number of morpholine rings is 1. The molecule has 2 aliphatic heterocycles. The lowest BCUT2D eigenvalue weighted by Gasteiger charge is -2.37. The van der Waals surface area contributed by atoms with Gasteiger partial charge in [0.2, 0.25) is 0 Å². The highest BCUT2D eigenvalue weighted by atomic mass is 16.5. The number of nitrogens with one attached hydrogen (secondary N) is 1. The fourth-order valence-corrected chi connectivity index (χ4v) is 4.22. The number of carbonyl (C=O) groups is 1. The van der Waals surface area contributed by atoms with Gasteiger partial charge in [-0.25, -0.2) is 4.79 Å². The van der Waals surface area contributed by atoms with Crippen molar-refractivity contribution in [2.45, 2.75) is 19.9 Å². The second-order valence-corrected chi connectivity index (χ2v) is 8.11. The number of amides is 2. The summed E-state index contributed by atoms with van der Waals surface area (Å²) in [5.74, 6) is 1.79. The Morgan fingerprint density at radius 1 is 1.03 bits per heavy atom. The molecule has 0 saturated carbocycles. The van der Waals surface area contributed by atoms with E-state index in [0.29, 0.717) is 19.8 Å². The normalized spacial score (nSPS) is 19.0. The third-order valence-corrected chi connectivity index (χ3v) is 5.96. The Morgan fingerprint density at radius 3 is 2.47 bits per heavy atom. The number of carbonyl (C=O) groups excluding carboxylic acids is 1. The lowest BCUT2D eigenvalue weighted by Crippen LogP contribution is -2.53. The second kappa shape index (κ2) is 9.53. The number of furan rings is 1. The zero-order valence-electron chi connectivity index (χ0n) is 18.0. The Morgan fingerprint density at radius 2 is 1.80 bits per heavy atom. The predicted octanol–water partition coefficient (Wildman–Crippen LogP) is 2.80. The molecule has 2 aliphatic rings. The van der Waals surface area contributed by atoms with Crippen LogP contribution in [0.1, 0.15) is 23.1 Å². The molecule has 4 rings (SSSR count). The molecule has 3 heterocycles. The van der Waals surface area contributed by atoms with E-state index >= 15 is 0 Å². The van der Waals surface area contributed by atoms with Gasteiger partial charge in [0.1, 0.15) is 11.5 Å². The molecule has 1 atom stereocenters. The van der Waals surface area contributed by atoms with Crippen LogP contribution in [0.3, 0.4) is 0 Å². The molecule has 0 spiro atoms. The molecule has 0 bridgehead atoms. The number of nitrogens with zero attached hydrogens (tertiary/aromatic N) is 3. The van der Waals surface area contributed by atoms with Crippen molar-refractivity contribution >= 4 is 11.7 Å². The number of hydrogen-bond donors (Lipinski definition) is 1. The van der Waals surface area contributed by atoms with E-state index in [1.165, 1.54) is 11.3 Å². The Kier molecular flexibility index (Phi) is 6.59. The first-order valence-corrected chi connectivity index (χ1v) is 10.8. The van der Waals surface area contributed by atoms with Crippen LogP contribution < -0.4 is 10.2 Å². The molecule has 0 radical (unpaired) electrons. The van der Waals surface area contributed by atoms with E-state index in [4.69, 9.17) is 9.15 Å². The average Bonchev–Trinajstić information content (AvgIpc) is 3.20. The number of ether oxygens (including phenoxy) is 1. The fraction of sp³-hybridized carbons (Fsp3) is 0.522. The minimum Gasteiger partial charge on any atom is -0.465 e. The van der Waals surface area contributed by atoms with Crippen LogP contribution >= 0.6 is 0 Å². The van der Waals surface area contributed by atoms with Crippen LogP contribution in [0.5, 0.6) is 0 Å². The maximum absolute atomic E-state index is 12.8. The van der Waals surface area contributed by atoms with Crippen LogP contribution in [0, 0.1) is 13.8 Å². The summed E-state index contributed by atoms with van der Waals surface area (Å²) in [6, 6.07) is 12.6. The second-order valence-electron chi connectivity index (χ2n) is 8.11. The van der Waals surface area contributed by atoms with Crippen molar-refractivity contribution < 1.29 is 13.9 Å². The summed E-state index contributed by atoms with van der Waals surface area (Å²) in [6.07, 6.45) is 0. The molecule has 0 aliphatic carbocycles. The van der Waals surface area contributed by atoms with Gasteiger partial charge in [-0.2, -0.15) is 0 Å². The van der Waals surface area contributed by atoms with Gasteiger partial charge in [0.15, 0.2) is 0 Å². The third kappa shape index (κ3) is 4.96. The molecule has 1 aromatic heterocycles. The van der Waals surface area contributed by atoms with Crippen LogP contribution in [0.2, 0.25) is 0 Å². The highest BCUT2D eigenvalue weighted by Crippen LogP contribution is 2.23. The molecule has 2 aromatic rings. The summed E-state index contributed by atoms with van der Waals surface area (Å²) in [5, 5.41) is 3.15. The zero-order chi connectivity index (χ0) is 20.9. The van der Waals surface area contributed by atoms with Crippen LogP contribution in [-0.4, -0.2) is 74.9 Å². The standard InChI is InChI=1S/C23H32N4O3/c1-18-4-3-5-20(16-18)25-8-10-27(11-9-25)23(28)24-17-21(22-7-6-19(2)30-22)26-12-14-29-15-13-26/h3-7,16,21H,8-15,17H2,1-2H3,(H,24,28). The molecular weight excluding hydrogens is 380 g/mol. The number of hydrogen-bond acceptors (Lipinski definition) is 5. The summed E-state index contributed by atoms with van der Waals surface area (Å²) >= 11 is 0. The summed E-state index contributed by atoms with van der Waals surface area (Å²) in [5.41, 5.74) is 2.49. The van der Waals surface area contributed by atoms with E-state index < -0.39 is 0 Å². The summed E-state index contributed by atoms with van der Waals surface area (Å²) in [4.78, 5) is 19.4. The molecule has 162 valence electrons. The number of benzene rings is 1. The van der Waals surface area contributed by atoms with Gasteiger partial charge in [0.05, 0.1) is 19.3 Å². The first kappa shape index (κ1) is 20.8. The third-order valence-electron chi connectivity index (χ3n) is 5.96. The van der Waals surface area contributed by atoms with E-state index in [1.54, 1.807) is 0 Å². The number of urea groups is 1. The Balaban J connectivity index is 1.32. The summed E-state index contributed by atoms with van der Waals surface area (Å²) in [7, 11) is 0. The topological polar surface area (TPSA) is 61.2 Å². The Hall–Kier alpha value is -2.51. The van der Waals surface area contributed by atoms with E-state index in [1.807, 2.05) is 24.0 Å². The number of anilines is 1. The highest BCUT2D eigenvalue weighted by Gasteiger charge is 2.27. The summed E-state index contributed by atoms with van der Waals surface area (Å²) in [6.45, 7) is 10.8. The van der Waals surface area contributed by atoms with Crippen molar-refractivity contribution in [3.63, 3.8) is 0 Å². The van der Waals surface area contributed by atoms with Crippen molar-refractivity contribution in [2.24, 2.45) is 0 Å². The molecule has 7 nitrogen and oxygen atoms in total. The van der Waals surface area contributed by atoms with Crippen molar-refractivity contribution in [1.82, 2.24) is 15.1 Å². The van der Waals surface area contributed by atoms with Crippen LogP contribution in [0.15, 0.2) is 40.8 Å². The minimum atomic E-state index is 0.000398. The highest BCUT2D eigenvalue weighted by molar-refractivity contribution is 5.74. The van der Waals surface area contributed by atoms with E-state index in [9.17, 15) is 4.79 Å². The van der Waals surface area contributed by atoms with Crippen LogP contribution in [0.25, 0.3) is 0 Å². The van der Waals surface area contributed by atoms with Crippen molar-refractivity contribution in [3.8, 4) is 0 Å². The monoisotopic (exact) mass is 412 g/mol. The van der Waals surface area contributed by atoms with Gasteiger partial charge in [-0.15, -0.1) is 0 Å². The van der Waals surface area contributed by atoms with E-state index in [0.717, 1.165) is 50.8 Å². The lowest BCUT2D eigenvalue weighted by atomic mass is 10.1. The number of aryl methyl sites for hydroxylation is 2. The largest absolute Gasteiger partial charge is 0.465 e. The van der Waals surface area contributed by atoms with Crippen molar-refractivity contribution in [3.05, 3.63) is 53.5 Å². The van der Waals surface area contributed by atoms with Gasteiger partial charge >= 0.3 is 6.03 Å². The summed E-state index contributed by atoms with van der Waals surface area (Å²) < 4.78 is 11.4. The first-order valence-electron chi connectivity index (χ1n) is 10.8. The Bertz CT molecular complexity index is 838. The van der Waals surface area contributed by atoms with Gasteiger partial charge < -0.3 is 24.3 Å². The quantitative estimate of drug-likeness (QED) is 0.818. The number of piperazine rings is 1. The molecule has 2 saturated heterocycles. The Labute approximate surface area is 178 Å². The van der Waals surface area contributed by atoms with E-state index in [-0.39, 0.29) is 12.1 Å². The fourth-order valence-electron chi connectivity index (χ4n) is 4.22. The molecule has 1 unspecified atom stereocenters. The van der Waals surface area contributed by atoms with Crippen LogP contribution in [-0.2, 0) is 4.74 Å². The van der Waals surface area contributed by atoms with Gasteiger partial charge in [-0.3, -0.25) is 4.90 Å². The SMILES string of the molecule is Cc1cccc(N2CCN(C(=O)NCC(c3ccc(C)o3)N3CCOCC3)CC2)c1.